The lowest BCUT2D eigenvalue weighted by molar-refractivity contribution is -0.161. The molecule has 0 bridgehead atoms. The zero-order valence-corrected chi connectivity index (χ0v) is 67.2. The standard InChI is InChI=1S/C85H146O17P2/c1-5-9-13-17-21-25-29-33-37-38-39-40-44-46-50-54-58-62-66-70-83(88)96-76-81(102-85(90)72-68-64-60-56-52-48-43-36-32-28-24-20-16-12-8-4)78-100-104(93,94)98-74-79(86)73-97-103(91,92)99-77-80(101-84(89)71-67-63-59-55-51-47-42-35-31-27-23-19-15-11-7-3)75-95-82(87)69-65-61-57-53-49-45-41-34-30-26-22-18-14-10-6-2/h9,12-13,16,21,24-25,28,33,36-37,39-40,43,46,50,52,56,64,68,79-81,86H,5-8,10-11,14-15,17-20,22-23,26-27,29-32,34-35,38,41-42,44-45,47-49,51,53-55,57-63,65-67,69-78H2,1-4H3,(H,91,92)(H,93,94)/b13-9-,16-12-,25-21-,28-24-,37-33-,40-39-,43-36-,50-46-,56-52-,68-64-. The van der Waals surface area contributed by atoms with Crippen LogP contribution in [0, 0.1) is 0 Å². The maximum absolute atomic E-state index is 13.1. The molecular formula is C85H146O17P2. The first kappa shape index (κ1) is 99.5. The highest BCUT2D eigenvalue weighted by Gasteiger charge is 2.30. The highest BCUT2D eigenvalue weighted by Crippen LogP contribution is 2.45. The topological polar surface area (TPSA) is 237 Å². The van der Waals surface area contributed by atoms with Crippen molar-refractivity contribution in [3.8, 4) is 0 Å². The maximum atomic E-state index is 13.1. The number of carbonyl (C=O) groups excluding carboxylic acids is 4. The first-order valence-electron chi connectivity index (χ1n) is 40.8. The van der Waals surface area contributed by atoms with Gasteiger partial charge in [-0.15, -0.1) is 0 Å². The summed E-state index contributed by atoms with van der Waals surface area (Å²) in [5.74, 6) is -2.34. The second-order valence-corrected chi connectivity index (χ2v) is 29.9. The Bertz CT molecular complexity index is 2440. The van der Waals surface area contributed by atoms with E-state index in [0.29, 0.717) is 25.7 Å². The molecule has 0 rings (SSSR count). The summed E-state index contributed by atoms with van der Waals surface area (Å²) in [6.07, 6.45) is 84.9. The predicted octanol–water partition coefficient (Wildman–Crippen LogP) is 23.9. The molecule has 0 aromatic rings. The monoisotopic (exact) mass is 1500 g/mol. The number of esters is 4. The first-order valence-corrected chi connectivity index (χ1v) is 43.8. The van der Waals surface area contributed by atoms with Crippen molar-refractivity contribution in [2.75, 3.05) is 39.6 Å². The zero-order valence-electron chi connectivity index (χ0n) is 65.4. The van der Waals surface area contributed by atoms with E-state index in [1.165, 1.54) is 135 Å². The highest BCUT2D eigenvalue weighted by molar-refractivity contribution is 7.47. The summed E-state index contributed by atoms with van der Waals surface area (Å²) in [6.45, 7) is 4.54. The third-order valence-electron chi connectivity index (χ3n) is 17.0. The SMILES string of the molecule is CC/C=C\C/C=C\C/C=C\C/C=C\C/C=C\CCCCCC(=O)OCC(COP(=O)(O)OCC(O)COP(=O)(O)OCC(COC(=O)CCCCCCCCCCCCCCCCC)OC(=O)CCCCCCCCCCCCCCCCC)OC(=O)C/C=C\C/C=C\C/C=C\C/C=C\C/C=C\CC. The average Bonchev–Trinajstić information content (AvgIpc) is 0.918. The molecule has 0 amide bonds. The lowest BCUT2D eigenvalue weighted by Crippen LogP contribution is -2.30. The Labute approximate surface area is 632 Å². The van der Waals surface area contributed by atoms with Crippen LogP contribution in [0.2, 0.25) is 0 Å². The third-order valence-corrected chi connectivity index (χ3v) is 18.9. The van der Waals surface area contributed by atoms with Crippen molar-refractivity contribution in [2.45, 2.75) is 354 Å². The Kier molecular flexibility index (Phi) is 73.3. The van der Waals surface area contributed by atoms with Crippen molar-refractivity contribution < 1.29 is 80.2 Å². The summed E-state index contributed by atoms with van der Waals surface area (Å²) in [5, 5.41) is 10.6. The molecule has 598 valence electrons. The molecule has 104 heavy (non-hydrogen) atoms. The van der Waals surface area contributed by atoms with Crippen molar-refractivity contribution in [1.29, 1.82) is 0 Å². The van der Waals surface area contributed by atoms with Crippen LogP contribution in [-0.2, 0) is 65.4 Å². The van der Waals surface area contributed by atoms with Crippen LogP contribution in [0.4, 0.5) is 0 Å². The molecule has 0 fully saturated rings. The van der Waals surface area contributed by atoms with Gasteiger partial charge in [0.15, 0.2) is 12.2 Å². The Hall–Kier alpha value is -4.54. The first-order chi connectivity index (χ1) is 50.7. The number of ether oxygens (including phenoxy) is 4. The molecule has 0 aliphatic heterocycles. The van der Waals surface area contributed by atoms with Crippen LogP contribution in [0.5, 0.6) is 0 Å². The maximum Gasteiger partial charge on any atom is 0.472 e. The van der Waals surface area contributed by atoms with E-state index >= 15 is 0 Å². The smallest absolute Gasteiger partial charge is 0.462 e. The van der Waals surface area contributed by atoms with Gasteiger partial charge in [0.2, 0.25) is 0 Å². The Balaban J connectivity index is 5.43. The number of carbonyl (C=O) groups is 4. The largest absolute Gasteiger partial charge is 0.472 e. The molecule has 3 N–H and O–H groups in total. The number of aliphatic hydroxyl groups is 1. The fraction of sp³-hybridized carbons (Fsp3) is 0.718. The van der Waals surface area contributed by atoms with Gasteiger partial charge in [-0.2, -0.15) is 0 Å². The molecule has 0 saturated carbocycles. The van der Waals surface area contributed by atoms with Crippen molar-refractivity contribution in [1.82, 2.24) is 0 Å². The molecule has 0 radical (unpaired) electrons. The second-order valence-electron chi connectivity index (χ2n) is 27.0. The van der Waals surface area contributed by atoms with Crippen molar-refractivity contribution in [3.63, 3.8) is 0 Å². The van der Waals surface area contributed by atoms with Crippen LogP contribution in [0.25, 0.3) is 0 Å². The minimum absolute atomic E-state index is 0.0963. The van der Waals surface area contributed by atoms with E-state index in [-0.39, 0.29) is 25.7 Å². The van der Waals surface area contributed by atoms with E-state index < -0.39 is 97.5 Å². The Morgan fingerprint density at radius 1 is 0.288 bits per heavy atom. The molecule has 0 saturated heterocycles. The summed E-state index contributed by atoms with van der Waals surface area (Å²) >= 11 is 0. The van der Waals surface area contributed by atoms with Gasteiger partial charge in [-0.3, -0.25) is 37.3 Å². The molecule has 5 unspecified atom stereocenters. The number of phosphoric ester groups is 2. The van der Waals surface area contributed by atoms with E-state index in [2.05, 4.69) is 125 Å². The van der Waals surface area contributed by atoms with Crippen LogP contribution in [0.15, 0.2) is 122 Å². The van der Waals surface area contributed by atoms with E-state index in [1.54, 1.807) is 12.2 Å². The van der Waals surface area contributed by atoms with E-state index in [9.17, 15) is 43.2 Å². The third kappa shape index (κ3) is 75.7. The van der Waals surface area contributed by atoms with Gasteiger partial charge in [-0.1, -0.05) is 335 Å². The molecule has 0 aliphatic rings. The molecule has 5 atom stereocenters. The predicted molar refractivity (Wildman–Crippen MR) is 427 cm³/mol. The number of aliphatic hydroxyl groups excluding tert-OH is 1. The molecule has 0 heterocycles. The van der Waals surface area contributed by atoms with Crippen LogP contribution in [-0.4, -0.2) is 96.7 Å². The van der Waals surface area contributed by atoms with Gasteiger partial charge in [-0.25, -0.2) is 9.13 Å². The summed E-state index contributed by atoms with van der Waals surface area (Å²) in [4.78, 5) is 73.0. The highest BCUT2D eigenvalue weighted by atomic mass is 31.2. The molecule has 19 heteroatoms. The lowest BCUT2D eigenvalue weighted by Gasteiger charge is -2.21. The fourth-order valence-electron chi connectivity index (χ4n) is 10.9. The van der Waals surface area contributed by atoms with Crippen molar-refractivity contribution in [3.05, 3.63) is 122 Å². The van der Waals surface area contributed by atoms with E-state index in [1.807, 2.05) is 12.2 Å². The van der Waals surface area contributed by atoms with Gasteiger partial charge in [-0.05, 0) is 96.3 Å². The van der Waals surface area contributed by atoms with Gasteiger partial charge in [0.25, 0.3) is 0 Å². The number of phosphoric acid groups is 2. The Morgan fingerprint density at radius 3 is 0.856 bits per heavy atom. The number of unbranched alkanes of at least 4 members (excludes halogenated alkanes) is 31. The molecule has 0 spiro atoms. The molecule has 0 aromatic heterocycles. The van der Waals surface area contributed by atoms with Gasteiger partial charge in [0.1, 0.15) is 19.3 Å². The van der Waals surface area contributed by atoms with Crippen LogP contribution in [0.3, 0.4) is 0 Å². The molecule has 0 aliphatic carbocycles. The number of allylic oxidation sites excluding steroid dienone is 19. The van der Waals surface area contributed by atoms with Gasteiger partial charge in [0.05, 0.1) is 32.8 Å². The lowest BCUT2D eigenvalue weighted by atomic mass is 10.0. The number of rotatable bonds is 76. The summed E-state index contributed by atoms with van der Waals surface area (Å²) in [7, 11) is -9.99. The van der Waals surface area contributed by atoms with Gasteiger partial charge >= 0.3 is 39.5 Å². The van der Waals surface area contributed by atoms with Crippen LogP contribution < -0.4 is 0 Å². The van der Waals surface area contributed by atoms with Crippen molar-refractivity contribution >= 4 is 39.5 Å². The summed E-state index contributed by atoms with van der Waals surface area (Å²) < 4.78 is 68.5. The number of hydrogen-bond acceptors (Lipinski definition) is 15. The number of hydrogen-bond donors (Lipinski definition) is 3. The van der Waals surface area contributed by atoms with Crippen molar-refractivity contribution in [2.24, 2.45) is 0 Å². The molecule has 17 nitrogen and oxygen atoms in total. The van der Waals surface area contributed by atoms with Crippen LogP contribution in [0.1, 0.15) is 336 Å². The summed E-state index contributed by atoms with van der Waals surface area (Å²) in [6, 6.07) is 0. The minimum Gasteiger partial charge on any atom is -0.462 e. The fourth-order valence-corrected chi connectivity index (χ4v) is 12.4. The second kappa shape index (κ2) is 76.6. The van der Waals surface area contributed by atoms with Gasteiger partial charge < -0.3 is 33.8 Å². The normalized spacial score (nSPS) is 14.5. The molecule has 0 aromatic carbocycles. The minimum atomic E-state index is -5.01. The Morgan fingerprint density at radius 2 is 0.538 bits per heavy atom. The average molecular weight is 1500 g/mol. The summed E-state index contributed by atoms with van der Waals surface area (Å²) in [5.41, 5.74) is 0. The van der Waals surface area contributed by atoms with Gasteiger partial charge in [0, 0.05) is 19.3 Å². The zero-order chi connectivity index (χ0) is 76.0. The quantitative estimate of drug-likeness (QED) is 0.0169. The molecular weight excluding hydrogens is 1350 g/mol. The van der Waals surface area contributed by atoms with Crippen LogP contribution >= 0.6 is 15.6 Å². The van der Waals surface area contributed by atoms with E-state index in [0.717, 1.165) is 122 Å². The van der Waals surface area contributed by atoms with E-state index in [4.69, 9.17) is 37.0 Å².